The molecule has 0 radical (unpaired) electrons. The normalized spacial score (nSPS) is 16.7. The van der Waals surface area contributed by atoms with Crippen LogP contribution in [0.3, 0.4) is 0 Å². The molecule has 1 fully saturated rings. The van der Waals surface area contributed by atoms with E-state index >= 15 is 0 Å². The number of carbonyl (C=O) groups is 2. The summed E-state index contributed by atoms with van der Waals surface area (Å²) < 4.78 is 15.7. The molecule has 1 heterocycles. The highest BCUT2D eigenvalue weighted by atomic mass is 35.5. The number of amides is 2. The van der Waals surface area contributed by atoms with Crippen LogP contribution in [-0.4, -0.2) is 51.5 Å². The summed E-state index contributed by atoms with van der Waals surface area (Å²) in [5, 5.41) is 6.59. The Morgan fingerprint density at radius 3 is 2.80 bits per heavy atom. The zero-order chi connectivity index (χ0) is 18.2. The molecule has 0 saturated carbocycles. The van der Waals surface area contributed by atoms with Crippen LogP contribution in [0, 0.1) is 0 Å². The van der Waals surface area contributed by atoms with Crippen LogP contribution in [0.15, 0.2) is 17.2 Å². The van der Waals surface area contributed by atoms with Crippen molar-refractivity contribution in [3.05, 3.63) is 22.7 Å². The lowest BCUT2D eigenvalue weighted by molar-refractivity contribution is -0.139. The molecule has 0 unspecified atom stereocenters. The van der Waals surface area contributed by atoms with E-state index in [1.807, 2.05) is 0 Å². The summed E-state index contributed by atoms with van der Waals surface area (Å²) in [6, 6.07) is 3.23. The van der Waals surface area contributed by atoms with Crippen molar-refractivity contribution in [3.8, 4) is 11.5 Å². The molecule has 2 N–H and O–H groups in total. The second-order valence-electron chi connectivity index (χ2n) is 5.28. The van der Waals surface area contributed by atoms with E-state index in [1.165, 1.54) is 20.4 Å². The number of carbonyl (C=O) groups excluding carboxylic acids is 2. The highest BCUT2D eigenvalue weighted by molar-refractivity contribution is 6.35. The fourth-order valence-electron chi connectivity index (χ4n) is 2.32. The Balaban J connectivity index is 1.88. The first-order valence-corrected chi connectivity index (χ1v) is 8.07. The number of rotatable bonds is 6. The fraction of sp³-hybridized carbons (Fsp3) is 0.438. The van der Waals surface area contributed by atoms with Gasteiger partial charge in [0.25, 0.3) is 0 Å². The zero-order valence-corrected chi connectivity index (χ0v) is 14.8. The lowest BCUT2D eigenvalue weighted by Crippen LogP contribution is -2.41. The largest absolute Gasteiger partial charge is 0.493 e. The number of nitrogens with zero attached hydrogens (tertiary/aromatic N) is 1. The van der Waals surface area contributed by atoms with Crippen LogP contribution in [0.4, 0.5) is 0 Å². The third-order valence-corrected chi connectivity index (χ3v) is 3.84. The van der Waals surface area contributed by atoms with E-state index in [2.05, 4.69) is 15.8 Å². The molecular formula is C16H20ClN3O5. The van der Waals surface area contributed by atoms with Gasteiger partial charge in [-0.1, -0.05) is 11.6 Å². The van der Waals surface area contributed by atoms with Crippen LogP contribution in [0.25, 0.3) is 0 Å². The molecule has 1 aliphatic heterocycles. The van der Waals surface area contributed by atoms with E-state index in [-0.39, 0.29) is 6.10 Å². The quantitative estimate of drug-likeness (QED) is 0.444. The van der Waals surface area contributed by atoms with Crippen molar-refractivity contribution < 1.29 is 23.8 Å². The van der Waals surface area contributed by atoms with Gasteiger partial charge in [0, 0.05) is 13.2 Å². The summed E-state index contributed by atoms with van der Waals surface area (Å²) in [7, 11) is 2.96. The summed E-state index contributed by atoms with van der Waals surface area (Å²) in [6.45, 7) is 0.992. The molecule has 1 aliphatic rings. The van der Waals surface area contributed by atoms with Gasteiger partial charge in [-0.3, -0.25) is 9.59 Å². The minimum atomic E-state index is -0.860. The summed E-state index contributed by atoms with van der Waals surface area (Å²) >= 11 is 6.08. The molecule has 1 aromatic rings. The molecule has 136 valence electrons. The standard InChI is InChI=1S/C16H20ClN3O5/c1-23-13-7-10(6-12(17)14(13)24-2)8-19-20-16(22)15(21)18-9-11-4-3-5-25-11/h6-8,11H,3-5,9H2,1-2H3,(H,18,21)(H,20,22)/b19-8-/t11-/m1/s1. The Morgan fingerprint density at radius 1 is 1.36 bits per heavy atom. The third-order valence-electron chi connectivity index (χ3n) is 3.56. The first kappa shape index (κ1) is 19.0. The van der Waals surface area contributed by atoms with Gasteiger partial charge in [0.05, 0.1) is 31.6 Å². The molecule has 1 aromatic carbocycles. The van der Waals surface area contributed by atoms with Crippen molar-refractivity contribution in [3.63, 3.8) is 0 Å². The van der Waals surface area contributed by atoms with E-state index in [9.17, 15) is 9.59 Å². The maximum absolute atomic E-state index is 11.7. The van der Waals surface area contributed by atoms with Crippen molar-refractivity contribution in [1.29, 1.82) is 0 Å². The van der Waals surface area contributed by atoms with E-state index < -0.39 is 11.8 Å². The van der Waals surface area contributed by atoms with Crippen LogP contribution in [0.1, 0.15) is 18.4 Å². The fourth-order valence-corrected chi connectivity index (χ4v) is 2.62. The minimum Gasteiger partial charge on any atom is -0.493 e. The maximum Gasteiger partial charge on any atom is 0.329 e. The average Bonchev–Trinajstić information content (AvgIpc) is 3.12. The molecule has 9 heteroatoms. The van der Waals surface area contributed by atoms with Gasteiger partial charge in [0.2, 0.25) is 0 Å². The molecule has 1 saturated heterocycles. The Kier molecular flexibility index (Phi) is 7.03. The number of hydrogen-bond donors (Lipinski definition) is 2. The van der Waals surface area contributed by atoms with Crippen molar-refractivity contribution in [2.75, 3.05) is 27.4 Å². The van der Waals surface area contributed by atoms with Gasteiger partial charge in [0.15, 0.2) is 11.5 Å². The highest BCUT2D eigenvalue weighted by Gasteiger charge is 2.19. The van der Waals surface area contributed by atoms with Gasteiger partial charge in [0.1, 0.15) is 0 Å². The Morgan fingerprint density at radius 2 is 2.16 bits per heavy atom. The summed E-state index contributed by atoms with van der Waals surface area (Å²) in [5.41, 5.74) is 2.73. The van der Waals surface area contributed by atoms with E-state index in [0.717, 1.165) is 12.8 Å². The van der Waals surface area contributed by atoms with Crippen LogP contribution < -0.4 is 20.2 Å². The van der Waals surface area contributed by atoms with Gasteiger partial charge in [-0.05, 0) is 30.5 Å². The first-order chi connectivity index (χ1) is 12.0. The van der Waals surface area contributed by atoms with E-state index in [0.29, 0.717) is 35.2 Å². The van der Waals surface area contributed by atoms with Crippen molar-refractivity contribution in [1.82, 2.24) is 10.7 Å². The van der Waals surface area contributed by atoms with Crippen LogP contribution in [-0.2, 0) is 14.3 Å². The maximum atomic E-state index is 11.7. The third kappa shape index (κ3) is 5.33. The average molecular weight is 370 g/mol. The topological polar surface area (TPSA) is 98.2 Å². The predicted octanol–water partition coefficient (Wildman–Crippen LogP) is 1.10. The van der Waals surface area contributed by atoms with Crippen molar-refractivity contribution in [2.24, 2.45) is 5.10 Å². The van der Waals surface area contributed by atoms with E-state index in [1.54, 1.807) is 12.1 Å². The predicted molar refractivity (Wildman–Crippen MR) is 92.3 cm³/mol. The number of ether oxygens (including phenoxy) is 3. The van der Waals surface area contributed by atoms with E-state index in [4.69, 9.17) is 25.8 Å². The van der Waals surface area contributed by atoms with Crippen molar-refractivity contribution in [2.45, 2.75) is 18.9 Å². The van der Waals surface area contributed by atoms with Crippen LogP contribution in [0.5, 0.6) is 11.5 Å². The van der Waals surface area contributed by atoms with Gasteiger partial charge < -0.3 is 19.5 Å². The molecule has 2 rings (SSSR count). The summed E-state index contributed by atoms with van der Waals surface area (Å²) in [4.78, 5) is 23.4. The van der Waals surface area contributed by atoms with Gasteiger partial charge in [-0.15, -0.1) is 0 Å². The molecule has 0 spiro atoms. The molecular weight excluding hydrogens is 350 g/mol. The Bertz CT molecular complexity index is 659. The second-order valence-corrected chi connectivity index (χ2v) is 5.69. The number of halogens is 1. The van der Waals surface area contributed by atoms with Gasteiger partial charge in [-0.2, -0.15) is 5.10 Å². The van der Waals surface area contributed by atoms with Crippen LogP contribution >= 0.6 is 11.6 Å². The lowest BCUT2D eigenvalue weighted by Gasteiger charge is -2.10. The second kappa shape index (κ2) is 9.24. The summed E-state index contributed by atoms with van der Waals surface area (Å²) in [6.07, 6.45) is 3.15. The molecule has 2 amide bonds. The molecule has 0 bridgehead atoms. The molecule has 8 nitrogen and oxygen atoms in total. The highest BCUT2D eigenvalue weighted by Crippen LogP contribution is 2.35. The Labute approximate surface area is 150 Å². The Hall–Kier alpha value is -2.32. The summed E-state index contributed by atoms with van der Waals surface area (Å²) in [5.74, 6) is -0.797. The minimum absolute atomic E-state index is 0.0332. The molecule has 1 atom stereocenters. The monoisotopic (exact) mass is 369 g/mol. The van der Waals surface area contributed by atoms with Crippen LogP contribution in [0.2, 0.25) is 5.02 Å². The number of nitrogens with one attached hydrogen (secondary N) is 2. The molecule has 0 aromatic heterocycles. The van der Waals surface area contributed by atoms with Gasteiger partial charge >= 0.3 is 11.8 Å². The van der Waals surface area contributed by atoms with Crippen molar-refractivity contribution >= 4 is 29.6 Å². The molecule has 25 heavy (non-hydrogen) atoms. The molecule has 0 aliphatic carbocycles. The number of methoxy groups -OCH3 is 2. The lowest BCUT2D eigenvalue weighted by atomic mass is 10.2. The van der Waals surface area contributed by atoms with Gasteiger partial charge in [-0.25, -0.2) is 5.43 Å². The number of hydrogen-bond acceptors (Lipinski definition) is 6. The SMILES string of the molecule is COc1cc(/C=N\NC(=O)C(=O)NC[C@H]2CCCO2)cc(Cl)c1OC. The number of benzene rings is 1. The number of hydrazone groups is 1. The smallest absolute Gasteiger partial charge is 0.329 e. The zero-order valence-electron chi connectivity index (χ0n) is 14.0. The first-order valence-electron chi connectivity index (χ1n) is 7.69.